The molecule has 0 fully saturated rings. The van der Waals surface area contributed by atoms with Crippen molar-refractivity contribution in [3.8, 4) is 0 Å². The van der Waals surface area contributed by atoms with Crippen molar-refractivity contribution in [2.45, 2.75) is 17.8 Å². The highest BCUT2D eigenvalue weighted by Gasteiger charge is 2.51. The summed E-state index contributed by atoms with van der Waals surface area (Å²) in [5.41, 5.74) is 5.38. The average Bonchev–Trinajstić information content (AvgIpc) is 2.92. The Morgan fingerprint density at radius 2 is 1.47 bits per heavy atom. The van der Waals surface area contributed by atoms with Crippen LogP contribution in [0.5, 0.6) is 0 Å². The molecule has 0 spiro atoms. The molecular weight excluding hydrogens is 208 g/mol. The lowest BCUT2D eigenvalue weighted by molar-refractivity contribution is 0.224. The van der Waals surface area contributed by atoms with Crippen LogP contribution in [0.25, 0.3) is 0 Å². The van der Waals surface area contributed by atoms with Crippen LogP contribution in [-0.2, 0) is 5.41 Å². The van der Waals surface area contributed by atoms with Gasteiger partial charge in [-0.25, -0.2) is 0 Å². The van der Waals surface area contributed by atoms with Crippen LogP contribution in [0.15, 0.2) is 48.5 Å². The van der Waals surface area contributed by atoms with Gasteiger partial charge in [0.05, 0.1) is 6.61 Å². The Balaban J connectivity index is 2.08. The van der Waals surface area contributed by atoms with Gasteiger partial charge in [0.25, 0.3) is 0 Å². The maximum absolute atomic E-state index is 9.94. The minimum Gasteiger partial charge on any atom is -0.395 e. The van der Waals surface area contributed by atoms with Crippen LogP contribution >= 0.6 is 0 Å². The van der Waals surface area contributed by atoms with Crippen molar-refractivity contribution in [1.82, 2.24) is 0 Å². The molecule has 0 atom stereocenters. The Bertz CT molecular complexity index is 552. The molecule has 0 unspecified atom stereocenters. The smallest absolute Gasteiger partial charge is 0.0569 e. The van der Waals surface area contributed by atoms with Gasteiger partial charge in [0.2, 0.25) is 0 Å². The summed E-state index contributed by atoms with van der Waals surface area (Å²) in [4.78, 5) is 0. The standard InChI is InChI=1S/C16H14O/c17-10-16-9-13(11-5-1-3-7-14(11)16)12-6-2-4-8-15(12)16/h1-8,13,17H,9-10H2. The molecule has 0 heterocycles. The van der Waals surface area contributed by atoms with Crippen LogP contribution in [-0.4, -0.2) is 11.7 Å². The van der Waals surface area contributed by atoms with Gasteiger partial charge in [-0.1, -0.05) is 48.5 Å². The first kappa shape index (κ1) is 9.43. The minimum absolute atomic E-state index is 0.127. The lowest BCUT2D eigenvalue weighted by Crippen LogP contribution is -2.28. The Morgan fingerprint density at radius 1 is 0.941 bits per heavy atom. The van der Waals surface area contributed by atoms with Gasteiger partial charge in [0.1, 0.15) is 0 Å². The van der Waals surface area contributed by atoms with Crippen molar-refractivity contribution in [3.63, 3.8) is 0 Å². The molecule has 0 saturated carbocycles. The molecule has 1 N–H and O–H groups in total. The van der Waals surface area contributed by atoms with E-state index in [0.717, 1.165) is 6.42 Å². The lowest BCUT2D eigenvalue weighted by atomic mass is 9.76. The molecule has 2 bridgehead atoms. The van der Waals surface area contributed by atoms with E-state index in [4.69, 9.17) is 0 Å². The van der Waals surface area contributed by atoms with Crippen LogP contribution in [0.2, 0.25) is 0 Å². The second-order valence-corrected chi connectivity index (χ2v) is 5.17. The minimum atomic E-state index is -0.127. The number of benzene rings is 2. The molecule has 0 saturated heterocycles. The van der Waals surface area contributed by atoms with Gasteiger partial charge in [0.15, 0.2) is 0 Å². The summed E-state index contributed by atoms with van der Waals surface area (Å²) in [5, 5.41) is 9.94. The van der Waals surface area contributed by atoms with Crippen molar-refractivity contribution in [1.29, 1.82) is 0 Å². The molecule has 0 aliphatic heterocycles. The van der Waals surface area contributed by atoms with Crippen LogP contribution in [0.1, 0.15) is 34.6 Å². The van der Waals surface area contributed by atoms with E-state index < -0.39 is 0 Å². The van der Waals surface area contributed by atoms with Gasteiger partial charge in [-0.15, -0.1) is 0 Å². The Kier molecular flexibility index (Phi) is 1.66. The summed E-state index contributed by atoms with van der Waals surface area (Å²) < 4.78 is 0. The predicted octanol–water partition coefficient (Wildman–Crippen LogP) is 2.81. The molecule has 2 aromatic rings. The zero-order chi connectivity index (χ0) is 11.5. The second kappa shape index (κ2) is 2.99. The molecule has 2 aromatic carbocycles. The van der Waals surface area contributed by atoms with Crippen molar-refractivity contribution >= 4 is 0 Å². The molecule has 2 aliphatic carbocycles. The monoisotopic (exact) mass is 222 g/mol. The molecule has 1 nitrogen and oxygen atoms in total. The first-order valence-electron chi connectivity index (χ1n) is 6.16. The van der Waals surface area contributed by atoms with Crippen LogP contribution < -0.4 is 0 Å². The normalized spacial score (nSPS) is 27.9. The fourth-order valence-corrected chi connectivity index (χ4v) is 3.81. The molecule has 84 valence electrons. The first-order chi connectivity index (χ1) is 8.37. The fraction of sp³-hybridized carbons (Fsp3) is 0.250. The van der Waals surface area contributed by atoms with E-state index in [1.54, 1.807) is 0 Å². The Morgan fingerprint density at radius 3 is 2.00 bits per heavy atom. The maximum Gasteiger partial charge on any atom is 0.0569 e. The molecule has 0 radical (unpaired) electrons. The number of aliphatic hydroxyl groups is 1. The van der Waals surface area contributed by atoms with Crippen LogP contribution in [0, 0.1) is 0 Å². The molecular formula is C16H14O. The molecule has 2 aliphatic rings. The van der Waals surface area contributed by atoms with E-state index in [1.807, 2.05) is 0 Å². The lowest BCUT2D eigenvalue weighted by Gasteiger charge is -2.29. The van der Waals surface area contributed by atoms with Crippen LogP contribution in [0.4, 0.5) is 0 Å². The molecule has 1 heteroatoms. The van der Waals surface area contributed by atoms with E-state index in [-0.39, 0.29) is 12.0 Å². The molecule has 0 aromatic heterocycles. The van der Waals surface area contributed by atoms with Gasteiger partial charge >= 0.3 is 0 Å². The second-order valence-electron chi connectivity index (χ2n) is 5.17. The van der Waals surface area contributed by atoms with Gasteiger partial charge < -0.3 is 5.11 Å². The van der Waals surface area contributed by atoms with Gasteiger partial charge in [-0.05, 0) is 28.7 Å². The van der Waals surface area contributed by atoms with Gasteiger partial charge in [-0.3, -0.25) is 0 Å². The summed E-state index contributed by atoms with van der Waals surface area (Å²) in [5.74, 6) is 0.495. The first-order valence-corrected chi connectivity index (χ1v) is 6.16. The highest BCUT2D eigenvalue weighted by molar-refractivity contribution is 5.62. The number of fused-ring (bicyclic) bond motifs is 8. The van der Waals surface area contributed by atoms with Gasteiger partial charge in [0, 0.05) is 11.3 Å². The van der Waals surface area contributed by atoms with E-state index >= 15 is 0 Å². The van der Waals surface area contributed by atoms with E-state index in [1.165, 1.54) is 22.3 Å². The van der Waals surface area contributed by atoms with Crippen molar-refractivity contribution < 1.29 is 5.11 Å². The Labute approximate surface area is 101 Å². The average molecular weight is 222 g/mol. The van der Waals surface area contributed by atoms with Crippen LogP contribution in [0.3, 0.4) is 0 Å². The quantitative estimate of drug-likeness (QED) is 0.786. The summed E-state index contributed by atoms with van der Waals surface area (Å²) in [6, 6.07) is 17.2. The number of rotatable bonds is 1. The third-order valence-electron chi connectivity index (χ3n) is 4.53. The highest BCUT2D eigenvalue weighted by atomic mass is 16.3. The predicted molar refractivity (Wildman–Crippen MR) is 67.2 cm³/mol. The summed E-state index contributed by atoms with van der Waals surface area (Å²) in [7, 11) is 0. The topological polar surface area (TPSA) is 20.2 Å². The SMILES string of the molecule is OCC12CC(c3ccccc31)c1ccccc12. The van der Waals surface area contributed by atoms with Gasteiger partial charge in [-0.2, -0.15) is 0 Å². The molecule has 17 heavy (non-hydrogen) atoms. The number of aliphatic hydroxyl groups excluding tert-OH is 1. The third-order valence-corrected chi connectivity index (χ3v) is 4.53. The summed E-state index contributed by atoms with van der Waals surface area (Å²) in [6.45, 7) is 0.220. The van der Waals surface area contributed by atoms with E-state index in [9.17, 15) is 5.11 Å². The molecule has 4 rings (SSSR count). The third kappa shape index (κ3) is 0.945. The van der Waals surface area contributed by atoms with Crippen molar-refractivity contribution in [3.05, 3.63) is 70.8 Å². The number of hydrogen-bond donors (Lipinski definition) is 1. The largest absolute Gasteiger partial charge is 0.395 e. The molecule has 0 amide bonds. The zero-order valence-electron chi connectivity index (χ0n) is 9.56. The zero-order valence-corrected chi connectivity index (χ0v) is 9.56. The van der Waals surface area contributed by atoms with Crippen molar-refractivity contribution in [2.75, 3.05) is 6.61 Å². The number of hydrogen-bond acceptors (Lipinski definition) is 1. The summed E-state index contributed by atoms with van der Waals surface area (Å²) in [6.07, 6.45) is 1.04. The fourth-order valence-electron chi connectivity index (χ4n) is 3.81. The Hall–Kier alpha value is -1.60. The van der Waals surface area contributed by atoms with E-state index in [2.05, 4.69) is 48.5 Å². The van der Waals surface area contributed by atoms with Crippen molar-refractivity contribution in [2.24, 2.45) is 0 Å². The highest BCUT2D eigenvalue weighted by Crippen LogP contribution is 2.59. The summed E-state index contributed by atoms with van der Waals surface area (Å²) >= 11 is 0. The maximum atomic E-state index is 9.94. The van der Waals surface area contributed by atoms with E-state index in [0.29, 0.717) is 5.92 Å².